The molecule has 216 valence electrons. The van der Waals surface area contributed by atoms with Gasteiger partial charge in [-0.2, -0.15) is 5.26 Å². The Morgan fingerprint density at radius 1 is 1.17 bits per heavy atom. The summed E-state index contributed by atoms with van der Waals surface area (Å²) in [6.45, 7) is 4.34. The standard InChI is InChI=1S/C34H37FN6O/c1-40(2)23-17-41(18-23)33-32-29(34(20-38-32)11-7-13-37-19-34)27-15-22(9-5-6-12-36)28(30(35)31(27)39-33)26-16-24(42)14-21-8-3-4-10-25(21)26/h3-4,8,10,14-16,23,37-38,42H,5-7,9,11,13,17-20H2,1-2H3. The molecular formula is C34H37FN6O. The molecule has 1 aromatic heterocycles. The molecule has 0 radical (unpaired) electrons. The summed E-state index contributed by atoms with van der Waals surface area (Å²) in [7, 11) is 4.20. The molecule has 4 heterocycles. The van der Waals surface area contributed by atoms with Crippen molar-refractivity contribution in [2.24, 2.45) is 0 Å². The molecule has 1 atom stereocenters. The molecule has 0 bridgehead atoms. The van der Waals surface area contributed by atoms with Gasteiger partial charge in [0.1, 0.15) is 11.3 Å². The van der Waals surface area contributed by atoms with Crippen molar-refractivity contribution in [3.05, 3.63) is 59.4 Å². The van der Waals surface area contributed by atoms with Crippen LogP contribution in [-0.4, -0.2) is 67.9 Å². The smallest absolute Gasteiger partial charge is 0.157 e. The summed E-state index contributed by atoms with van der Waals surface area (Å²) in [6, 6.07) is 16.0. The van der Waals surface area contributed by atoms with Crippen molar-refractivity contribution in [1.29, 1.82) is 5.26 Å². The van der Waals surface area contributed by atoms with Gasteiger partial charge in [-0.25, -0.2) is 9.37 Å². The van der Waals surface area contributed by atoms with Crippen LogP contribution in [0, 0.1) is 17.1 Å². The Morgan fingerprint density at radius 2 is 2.00 bits per heavy atom. The van der Waals surface area contributed by atoms with Gasteiger partial charge in [0.15, 0.2) is 11.6 Å². The molecule has 7 nitrogen and oxygen atoms in total. The molecule has 2 fully saturated rings. The van der Waals surface area contributed by atoms with E-state index in [0.29, 0.717) is 41.9 Å². The van der Waals surface area contributed by atoms with E-state index in [0.717, 1.165) is 78.8 Å². The molecule has 7 rings (SSSR count). The molecule has 3 aromatic carbocycles. The number of phenolic OH excluding ortho intramolecular Hbond substituents is 1. The Hall–Kier alpha value is -3.93. The summed E-state index contributed by atoms with van der Waals surface area (Å²) in [5.74, 6) is 0.580. The Bertz CT molecular complexity index is 1730. The zero-order valence-corrected chi connectivity index (χ0v) is 24.3. The number of phenols is 1. The number of aryl methyl sites for hydroxylation is 1. The number of benzene rings is 3. The Morgan fingerprint density at radius 3 is 2.76 bits per heavy atom. The lowest BCUT2D eigenvalue weighted by atomic mass is 9.74. The van der Waals surface area contributed by atoms with Crippen LogP contribution in [0.4, 0.5) is 15.9 Å². The number of unbranched alkanes of at least 4 members (excludes halogenated alkanes) is 1. The first-order valence-electron chi connectivity index (χ1n) is 15.0. The molecule has 42 heavy (non-hydrogen) atoms. The Kier molecular flexibility index (Phi) is 6.68. The molecule has 1 spiro atoms. The van der Waals surface area contributed by atoms with E-state index in [-0.39, 0.29) is 17.0 Å². The highest BCUT2D eigenvalue weighted by molar-refractivity contribution is 6.03. The quantitative estimate of drug-likeness (QED) is 0.265. The van der Waals surface area contributed by atoms with Crippen molar-refractivity contribution in [2.75, 3.05) is 57.0 Å². The van der Waals surface area contributed by atoms with Gasteiger partial charge in [0.2, 0.25) is 0 Å². The number of rotatable bonds is 6. The molecule has 2 saturated heterocycles. The predicted molar refractivity (Wildman–Crippen MR) is 167 cm³/mol. The molecule has 3 aliphatic rings. The van der Waals surface area contributed by atoms with Gasteiger partial charge in [0.05, 0.1) is 11.8 Å². The molecular weight excluding hydrogens is 527 g/mol. The average molecular weight is 565 g/mol. The number of aromatic hydroxyl groups is 1. The van der Waals surface area contributed by atoms with Gasteiger partial charge in [-0.15, -0.1) is 0 Å². The largest absolute Gasteiger partial charge is 0.508 e. The van der Waals surface area contributed by atoms with Crippen molar-refractivity contribution in [3.8, 4) is 22.9 Å². The normalized spacial score (nSPS) is 20.2. The number of nitrogens with zero attached hydrogens (tertiary/aromatic N) is 4. The second kappa shape index (κ2) is 10.4. The Balaban J connectivity index is 1.51. The van der Waals surface area contributed by atoms with E-state index in [2.05, 4.69) is 46.7 Å². The number of hydrogen-bond donors (Lipinski definition) is 3. The summed E-state index contributed by atoms with van der Waals surface area (Å²) < 4.78 is 17.3. The topological polar surface area (TPSA) is 87.5 Å². The minimum absolute atomic E-state index is 0.0977. The number of nitriles is 1. The molecule has 0 aliphatic carbocycles. The first-order valence-corrected chi connectivity index (χ1v) is 15.0. The SMILES string of the molecule is CN(C)C1CN(c2nc3c(F)c(-c4cc(O)cc5ccccc45)c(CCCC#N)cc3c3c2NCC32CCCNC2)C1. The fourth-order valence-electron chi connectivity index (χ4n) is 7.33. The summed E-state index contributed by atoms with van der Waals surface area (Å²) in [6.07, 6.45) is 3.68. The number of anilines is 2. The highest BCUT2D eigenvalue weighted by atomic mass is 19.1. The molecule has 4 aromatic rings. The van der Waals surface area contributed by atoms with Crippen LogP contribution in [0.1, 0.15) is 36.8 Å². The van der Waals surface area contributed by atoms with Gasteiger partial charge < -0.3 is 25.5 Å². The predicted octanol–water partition coefficient (Wildman–Crippen LogP) is 5.54. The first kappa shape index (κ1) is 26.9. The van der Waals surface area contributed by atoms with Crippen LogP contribution < -0.4 is 15.5 Å². The monoisotopic (exact) mass is 564 g/mol. The first-order chi connectivity index (χ1) is 20.4. The van der Waals surface area contributed by atoms with E-state index >= 15 is 4.39 Å². The summed E-state index contributed by atoms with van der Waals surface area (Å²) >= 11 is 0. The van der Waals surface area contributed by atoms with Crippen molar-refractivity contribution < 1.29 is 9.50 Å². The number of likely N-dealkylation sites (N-methyl/N-ethyl adjacent to an activating group) is 1. The van der Waals surface area contributed by atoms with E-state index in [9.17, 15) is 10.4 Å². The maximum absolute atomic E-state index is 17.3. The van der Waals surface area contributed by atoms with Crippen molar-refractivity contribution >= 4 is 33.2 Å². The third kappa shape index (κ3) is 4.26. The maximum atomic E-state index is 17.3. The number of fused-ring (bicyclic) bond motifs is 5. The van der Waals surface area contributed by atoms with Crippen LogP contribution in [0.15, 0.2) is 42.5 Å². The van der Waals surface area contributed by atoms with Crippen LogP contribution in [0.5, 0.6) is 5.75 Å². The molecule has 3 aliphatic heterocycles. The number of aromatic nitrogens is 1. The number of hydrogen-bond acceptors (Lipinski definition) is 7. The van der Waals surface area contributed by atoms with Crippen molar-refractivity contribution in [1.82, 2.24) is 15.2 Å². The number of nitrogens with one attached hydrogen (secondary N) is 2. The van der Waals surface area contributed by atoms with E-state index in [1.807, 2.05) is 24.3 Å². The fourth-order valence-corrected chi connectivity index (χ4v) is 7.33. The van der Waals surface area contributed by atoms with E-state index < -0.39 is 0 Å². The molecule has 0 amide bonds. The molecule has 8 heteroatoms. The summed E-state index contributed by atoms with van der Waals surface area (Å²) in [5.41, 5.74) is 4.46. The third-order valence-corrected chi connectivity index (χ3v) is 9.63. The van der Waals surface area contributed by atoms with Gasteiger partial charge in [-0.05, 0) is 92.0 Å². The zero-order valence-electron chi connectivity index (χ0n) is 24.3. The number of halogens is 1. The number of pyridine rings is 1. The van der Waals surface area contributed by atoms with Gasteiger partial charge in [0, 0.05) is 55.0 Å². The van der Waals surface area contributed by atoms with Crippen LogP contribution >= 0.6 is 0 Å². The van der Waals surface area contributed by atoms with Crippen molar-refractivity contribution in [2.45, 2.75) is 43.6 Å². The van der Waals surface area contributed by atoms with Crippen LogP contribution in [-0.2, 0) is 11.8 Å². The minimum atomic E-state index is -0.352. The van der Waals surface area contributed by atoms with Gasteiger partial charge >= 0.3 is 0 Å². The second-order valence-corrected chi connectivity index (χ2v) is 12.5. The van der Waals surface area contributed by atoms with Gasteiger partial charge in [0.25, 0.3) is 0 Å². The average Bonchev–Trinajstić information content (AvgIpc) is 3.31. The lowest BCUT2D eigenvalue weighted by Crippen LogP contribution is -2.57. The van der Waals surface area contributed by atoms with E-state index in [1.165, 1.54) is 5.56 Å². The van der Waals surface area contributed by atoms with Crippen LogP contribution in [0.25, 0.3) is 32.8 Å². The summed E-state index contributed by atoms with van der Waals surface area (Å²) in [4.78, 5) is 9.61. The Labute approximate surface area is 245 Å². The lowest BCUT2D eigenvalue weighted by Gasteiger charge is -2.44. The lowest BCUT2D eigenvalue weighted by molar-refractivity contribution is 0.246. The number of piperidine rings is 1. The second-order valence-electron chi connectivity index (χ2n) is 12.5. The highest BCUT2D eigenvalue weighted by Crippen LogP contribution is 2.51. The molecule has 0 saturated carbocycles. The minimum Gasteiger partial charge on any atom is -0.508 e. The van der Waals surface area contributed by atoms with Crippen LogP contribution in [0.2, 0.25) is 0 Å². The molecule has 3 N–H and O–H groups in total. The third-order valence-electron chi connectivity index (χ3n) is 9.63. The highest BCUT2D eigenvalue weighted by Gasteiger charge is 2.45. The van der Waals surface area contributed by atoms with Crippen molar-refractivity contribution in [3.63, 3.8) is 0 Å². The summed E-state index contributed by atoms with van der Waals surface area (Å²) in [5, 5.41) is 29.9. The maximum Gasteiger partial charge on any atom is 0.157 e. The van der Waals surface area contributed by atoms with E-state index in [1.54, 1.807) is 12.1 Å². The zero-order chi connectivity index (χ0) is 29.0. The molecule has 1 unspecified atom stereocenters. The van der Waals surface area contributed by atoms with Crippen LogP contribution in [0.3, 0.4) is 0 Å². The van der Waals surface area contributed by atoms with Gasteiger partial charge in [-0.3, -0.25) is 0 Å². The van der Waals surface area contributed by atoms with E-state index in [4.69, 9.17) is 4.98 Å². The van der Waals surface area contributed by atoms with Gasteiger partial charge in [-0.1, -0.05) is 24.3 Å². The fraction of sp³-hybridized carbons (Fsp3) is 0.412.